The molecule has 0 fully saturated rings. The SMILES string of the molecule is Cc1sc(C(=O)O)cc1S(=O)(=O)Nc1cccc(Cl)c1. The molecule has 2 aromatic rings. The summed E-state index contributed by atoms with van der Waals surface area (Å²) in [6, 6.07) is 7.42. The van der Waals surface area contributed by atoms with Crippen molar-refractivity contribution in [1.29, 1.82) is 0 Å². The van der Waals surface area contributed by atoms with Crippen LogP contribution in [0.4, 0.5) is 5.69 Å². The van der Waals surface area contributed by atoms with Crippen molar-refractivity contribution >= 4 is 44.6 Å². The Bertz CT molecular complexity index is 768. The van der Waals surface area contributed by atoms with Gasteiger partial charge in [0.15, 0.2) is 0 Å². The molecule has 0 saturated carbocycles. The number of aryl methyl sites for hydroxylation is 1. The van der Waals surface area contributed by atoms with Crippen molar-refractivity contribution in [3.8, 4) is 0 Å². The third-order valence-corrected chi connectivity index (χ3v) is 5.36. The molecule has 106 valence electrons. The largest absolute Gasteiger partial charge is 0.477 e. The van der Waals surface area contributed by atoms with Crippen molar-refractivity contribution in [3.05, 3.63) is 45.1 Å². The van der Waals surface area contributed by atoms with E-state index in [1.165, 1.54) is 6.07 Å². The molecule has 0 saturated heterocycles. The Morgan fingerprint density at radius 2 is 2.05 bits per heavy atom. The number of hydrogen-bond donors (Lipinski definition) is 2. The molecular formula is C12H10ClNO4S2. The topological polar surface area (TPSA) is 83.5 Å². The Labute approximate surface area is 124 Å². The molecule has 5 nitrogen and oxygen atoms in total. The summed E-state index contributed by atoms with van der Waals surface area (Å²) in [5.74, 6) is -1.15. The van der Waals surface area contributed by atoms with Gasteiger partial charge in [-0.05, 0) is 31.2 Å². The molecule has 1 heterocycles. The molecule has 0 unspecified atom stereocenters. The van der Waals surface area contributed by atoms with Gasteiger partial charge in [0.05, 0.1) is 5.69 Å². The number of halogens is 1. The van der Waals surface area contributed by atoms with Crippen LogP contribution in [0.5, 0.6) is 0 Å². The monoisotopic (exact) mass is 331 g/mol. The van der Waals surface area contributed by atoms with Crippen LogP contribution in [0, 0.1) is 6.92 Å². The molecule has 0 aliphatic rings. The minimum Gasteiger partial charge on any atom is -0.477 e. The van der Waals surface area contributed by atoms with E-state index >= 15 is 0 Å². The standard InChI is InChI=1S/C12H10ClNO4S2/c1-7-11(6-10(19-7)12(15)16)20(17,18)14-9-4-2-3-8(13)5-9/h2-6,14H,1H3,(H,15,16). The number of thiophene rings is 1. The lowest BCUT2D eigenvalue weighted by Crippen LogP contribution is -2.13. The zero-order valence-electron chi connectivity index (χ0n) is 10.3. The Balaban J connectivity index is 2.38. The number of rotatable bonds is 4. The fraction of sp³-hybridized carbons (Fsp3) is 0.0833. The molecular weight excluding hydrogens is 322 g/mol. The summed E-state index contributed by atoms with van der Waals surface area (Å²) >= 11 is 6.70. The fourth-order valence-corrected chi connectivity index (χ4v) is 4.27. The molecule has 0 bridgehead atoms. The van der Waals surface area contributed by atoms with Crippen molar-refractivity contribution < 1.29 is 18.3 Å². The Morgan fingerprint density at radius 1 is 1.35 bits per heavy atom. The van der Waals surface area contributed by atoms with Crippen LogP contribution in [0.25, 0.3) is 0 Å². The second kappa shape index (κ2) is 5.43. The highest BCUT2D eigenvalue weighted by Crippen LogP contribution is 2.28. The first-order valence-electron chi connectivity index (χ1n) is 5.42. The van der Waals surface area contributed by atoms with Crippen LogP contribution in [0.15, 0.2) is 35.2 Å². The highest BCUT2D eigenvalue weighted by molar-refractivity contribution is 7.93. The first-order chi connectivity index (χ1) is 9.29. The quantitative estimate of drug-likeness (QED) is 0.901. The van der Waals surface area contributed by atoms with Crippen molar-refractivity contribution in [2.75, 3.05) is 4.72 Å². The van der Waals surface area contributed by atoms with Crippen molar-refractivity contribution in [2.24, 2.45) is 0 Å². The van der Waals surface area contributed by atoms with E-state index < -0.39 is 16.0 Å². The second-order valence-electron chi connectivity index (χ2n) is 3.95. The van der Waals surface area contributed by atoms with Gasteiger partial charge in [-0.3, -0.25) is 4.72 Å². The van der Waals surface area contributed by atoms with Gasteiger partial charge in [0.25, 0.3) is 10.0 Å². The lowest BCUT2D eigenvalue weighted by atomic mass is 10.3. The average molecular weight is 332 g/mol. The first-order valence-corrected chi connectivity index (χ1v) is 8.09. The molecule has 0 atom stereocenters. The van der Waals surface area contributed by atoms with Gasteiger partial charge < -0.3 is 5.11 Å². The number of benzene rings is 1. The maximum atomic E-state index is 12.2. The van der Waals surface area contributed by atoms with E-state index in [9.17, 15) is 13.2 Å². The molecule has 1 aromatic heterocycles. The molecule has 2 rings (SSSR count). The smallest absolute Gasteiger partial charge is 0.345 e. The van der Waals surface area contributed by atoms with Crippen molar-refractivity contribution in [3.63, 3.8) is 0 Å². The van der Waals surface area contributed by atoms with E-state index in [-0.39, 0.29) is 9.77 Å². The zero-order valence-corrected chi connectivity index (χ0v) is 12.6. The highest BCUT2D eigenvalue weighted by Gasteiger charge is 2.22. The van der Waals surface area contributed by atoms with Gasteiger partial charge in [-0.2, -0.15) is 0 Å². The summed E-state index contributed by atoms with van der Waals surface area (Å²) in [7, 11) is -3.84. The molecule has 20 heavy (non-hydrogen) atoms. The predicted octanol–water partition coefficient (Wildman–Crippen LogP) is 3.21. The van der Waals surface area contributed by atoms with Crippen LogP contribution in [-0.2, 0) is 10.0 Å². The van der Waals surface area contributed by atoms with Crippen LogP contribution in [0.1, 0.15) is 14.5 Å². The Hall–Kier alpha value is -1.57. The first kappa shape index (κ1) is 14.8. The lowest BCUT2D eigenvalue weighted by molar-refractivity contribution is 0.0702. The zero-order chi connectivity index (χ0) is 14.9. The number of hydrogen-bond acceptors (Lipinski definition) is 4. The van der Waals surface area contributed by atoms with Gasteiger partial charge in [0, 0.05) is 9.90 Å². The molecule has 0 spiro atoms. The molecule has 1 aromatic carbocycles. The molecule has 0 aliphatic heterocycles. The van der Waals surface area contributed by atoms with E-state index in [1.807, 2.05) is 0 Å². The molecule has 0 radical (unpaired) electrons. The number of sulfonamides is 1. The van der Waals surface area contributed by atoms with Crippen LogP contribution in [-0.4, -0.2) is 19.5 Å². The average Bonchev–Trinajstić information content (AvgIpc) is 2.71. The summed E-state index contributed by atoms with van der Waals surface area (Å²) in [6.07, 6.45) is 0. The summed E-state index contributed by atoms with van der Waals surface area (Å²) in [5.41, 5.74) is 0.319. The van der Waals surface area contributed by atoms with Crippen molar-refractivity contribution in [2.45, 2.75) is 11.8 Å². The van der Waals surface area contributed by atoms with Gasteiger partial charge in [-0.15, -0.1) is 11.3 Å². The number of carbonyl (C=O) groups is 1. The maximum Gasteiger partial charge on any atom is 0.345 e. The normalized spacial score (nSPS) is 11.3. The number of carboxylic acids is 1. The minimum absolute atomic E-state index is 0.0195. The summed E-state index contributed by atoms with van der Waals surface area (Å²) in [6.45, 7) is 1.56. The van der Waals surface area contributed by atoms with E-state index in [2.05, 4.69) is 4.72 Å². The van der Waals surface area contributed by atoms with Crippen molar-refractivity contribution in [1.82, 2.24) is 0 Å². The molecule has 2 N–H and O–H groups in total. The number of nitrogens with one attached hydrogen (secondary N) is 1. The van der Waals surface area contributed by atoms with Gasteiger partial charge in [0.2, 0.25) is 0 Å². The third-order valence-electron chi connectivity index (χ3n) is 2.45. The van der Waals surface area contributed by atoms with E-state index in [0.29, 0.717) is 15.6 Å². The maximum absolute atomic E-state index is 12.2. The van der Waals surface area contributed by atoms with Gasteiger partial charge >= 0.3 is 5.97 Å². The van der Waals surface area contributed by atoms with E-state index in [0.717, 1.165) is 17.4 Å². The second-order valence-corrected chi connectivity index (χ2v) is 7.30. The number of aromatic carboxylic acids is 1. The molecule has 0 amide bonds. The highest BCUT2D eigenvalue weighted by atomic mass is 35.5. The Kier molecular flexibility index (Phi) is 4.03. The fourth-order valence-electron chi connectivity index (χ4n) is 1.60. The number of anilines is 1. The molecule has 8 heteroatoms. The van der Waals surface area contributed by atoms with Gasteiger partial charge in [-0.25, -0.2) is 13.2 Å². The summed E-state index contributed by atoms with van der Waals surface area (Å²) in [4.78, 5) is 11.2. The van der Waals surface area contributed by atoms with E-state index in [1.54, 1.807) is 25.1 Å². The van der Waals surface area contributed by atoms with Crippen LogP contribution in [0.2, 0.25) is 5.02 Å². The van der Waals surface area contributed by atoms with Crippen LogP contribution >= 0.6 is 22.9 Å². The molecule has 0 aliphatic carbocycles. The van der Waals surface area contributed by atoms with Gasteiger partial charge in [0.1, 0.15) is 9.77 Å². The minimum atomic E-state index is -3.84. The van der Waals surface area contributed by atoms with Gasteiger partial charge in [-0.1, -0.05) is 17.7 Å². The lowest BCUT2D eigenvalue weighted by Gasteiger charge is -2.07. The summed E-state index contributed by atoms with van der Waals surface area (Å²) in [5, 5.41) is 9.29. The van der Waals surface area contributed by atoms with Crippen LogP contribution in [0.3, 0.4) is 0 Å². The van der Waals surface area contributed by atoms with E-state index in [4.69, 9.17) is 16.7 Å². The van der Waals surface area contributed by atoms with Crippen LogP contribution < -0.4 is 4.72 Å². The predicted molar refractivity (Wildman–Crippen MR) is 78.3 cm³/mol. The third kappa shape index (κ3) is 3.12. The Morgan fingerprint density at radius 3 is 2.60 bits per heavy atom. The number of carboxylic acid groups (broad SMARTS) is 1. The summed E-state index contributed by atoms with van der Waals surface area (Å²) < 4.78 is 26.8.